The van der Waals surface area contributed by atoms with Gasteiger partial charge < -0.3 is 14.2 Å². The van der Waals surface area contributed by atoms with Gasteiger partial charge in [0.2, 0.25) is 0 Å². The molecule has 1 unspecified atom stereocenters. The molecule has 392 valence electrons. The highest BCUT2D eigenvalue weighted by Crippen LogP contribution is 2.12. The van der Waals surface area contributed by atoms with Crippen molar-refractivity contribution in [3.8, 4) is 0 Å². The van der Waals surface area contributed by atoms with Gasteiger partial charge in [-0.2, -0.15) is 0 Å². The van der Waals surface area contributed by atoms with E-state index in [1.54, 1.807) is 0 Å². The molecule has 0 spiro atoms. The molecule has 0 N–H and O–H groups in total. The van der Waals surface area contributed by atoms with Gasteiger partial charge in [-0.15, -0.1) is 0 Å². The lowest BCUT2D eigenvalue weighted by atomic mass is 10.1. The second-order valence-corrected chi connectivity index (χ2v) is 17.7. The fourth-order valence-corrected chi connectivity index (χ4v) is 6.98. The molecule has 0 aliphatic carbocycles. The number of rotatable bonds is 48. The molecule has 6 heteroatoms. The summed E-state index contributed by atoms with van der Waals surface area (Å²) < 4.78 is 16.7. The van der Waals surface area contributed by atoms with Crippen LogP contribution in [-0.2, 0) is 28.6 Å². The lowest BCUT2D eigenvalue weighted by Gasteiger charge is -2.18. The molecular weight excluding hydrogens is 865 g/mol. The Hall–Kier alpha value is -4.71. The fraction of sp³-hybridized carbons (Fsp3) is 0.578. The maximum Gasteiger partial charge on any atom is 0.306 e. The van der Waals surface area contributed by atoms with Crippen LogP contribution in [0.2, 0.25) is 0 Å². The Morgan fingerprint density at radius 2 is 0.557 bits per heavy atom. The number of esters is 3. The lowest BCUT2D eigenvalue weighted by molar-refractivity contribution is -0.167. The van der Waals surface area contributed by atoms with Crippen LogP contribution in [0, 0.1) is 0 Å². The Bertz CT molecular complexity index is 1580. The minimum absolute atomic E-state index is 0.103. The number of allylic oxidation sites excluding steroid dienone is 24. The first-order chi connectivity index (χ1) is 34.5. The number of carbonyl (C=O) groups excluding carboxylic acids is 3. The van der Waals surface area contributed by atoms with Gasteiger partial charge in [0, 0.05) is 19.3 Å². The average molecular weight is 965 g/mol. The van der Waals surface area contributed by atoms with Crippen LogP contribution in [0.3, 0.4) is 0 Å². The van der Waals surface area contributed by atoms with Crippen LogP contribution in [0.4, 0.5) is 0 Å². The number of unbranched alkanes of at least 4 members (excludes halogenated alkanes) is 13. The Labute approximate surface area is 429 Å². The van der Waals surface area contributed by atoms with Gasteiger partial charge in [0.15, 0.2) is 6.10 Å². The van der Waals surface area contributed by atoms with Crippen LogP contribution in [0.1, 0.15) is 220 Å². The van der Waals surface area contributed by atoms with Crippen molar-refractivity contribution in [3.63, 3.8) is 0 Å². The van der Waals surface area contributed by atoms with E-state index in [-0.39, 0.29) is 31.1 Å². The SMILES string of the molecule is CC/C=C\C/C=C\C/C=C\C/C=C\C/C=C\C/C=C\C/C=C\CCCCCC(=O)OCC(COC(=O)CCCCCCCC)OC(=O)CCCCCCC/C=C\C/C=C\C/C=C\C/C=C\C/C=C\CC. The van der Waals surface area contributed by atoms with E-state index >= 15 is 0 Å². The van der Waals surface area contributed by atoms with Crippen molar-refractivity contribution in [1.82, 2.24) is 0 Å². The van der Waals surface area contributed by atoms with Gasteiger partial charge in [-0.05, 0) is 122 Å². The Morgan fingerprint density at radius 1 is 0.300 bits per heavy atom. The monoisotopic (exact) mass is 965 g/mol. The van der Waals surface area contributed by atoms with E-state index < -0.39 is 6.10 Å². The highest BCUT2D eigenvalue weighted by atomic mass is 16.6. The Kier molecular flexibility index (Phi) is 53.0. The zero-order valence-corrected chi connectivity index (χ0v) is 44.7. The van der Waals surface area contributed by atoms with E-state index in [0.717, 1.165) is 161 Å². The molecule has 0 aromatic heterocycles. The molecule has 1 atom stereocenters. The fourth-order valence-electron chi connectivity index (χ4n) is 6.98. The van der Waals surface area contributed by atoms with Crippen molar-refractivity contribution in [3.05, 3.63) is 146 Å². The molecule has 0 saturated heterocycles. The van der Waals surface area contributed by atoms with Crippen molar-refractivity contribution < 1.29 is 28.6 Å². The van der Waals surface area contributed by atoms with Gasteiger partial charge in [-0.25, -0.2) is 0 Å². The number of hydrogen-bond acceptors (Lipinski definition) is 6. The lowest BCUT2D eigenvalue weighted by Crippen LogP contribution is -2.30. The first kappa shape index (κ1) is 65.3. The predicted octanol–water partition coefficient (Wildman–Crippen LogP) is 18.8. The standard InChI is InChI=1S/C64H100O6/c1-4-7-10-13-16-18-20-22-24-26-28-30-31-32-33-35-36-38-40-42-44-46-48-51-54-57-63(66)69-60-61(59-68-62(65)56-53-50-15-12-9-6-3)70-64(67)58-55-52-49-47-45-43-41-39-37-34-29-27-25-23-21-19-17-14-11-8-5-2/h7-8,10-11,16-19,22-25,28-30,32-34,36,38-39,41-42,44,61H,4-6,9,12-15,20-21,26-27,31,35,37,40,43,45-60H2,1-3H3/b10-7-,11-8-,18-16-,19-17-,24-22-,25-23-,30-28-,33-32-,34-29-,38-36-,41-39-,44-42-. The van der Waals surface area contributed by atoms with Crippen molar-refractivity contribution in [2.45, 2.75) is 226 Å². The summed E-state index contributed by atoms with van der Waals surface area (Å²) in [4.78, 5) is 37.9. The van der Waals surface area contributed by atoms with E-state index in [4.69, 9.17) is 14.2 Å². The van der Waals surface area contributed by atoms with Gasteiger partial charge in [-0.3, -0.25) is 14.4 Å². The number of hydrogen-bond donors (Lipinski definition) is 0. The molecule has 0 heterocycles. The molecular formula is C64H100O6. The van der Waals surface area contributed by atoms with Crippen molar-refractivity contribution in [1.29, 1.82) is 0 Å². The van der Waals surface area contributed by atoms with Gasteiger partial charge in [-0.1, -0.05) is 224 Å². The second-order valence-electron chi connectivity index (χ2n) is 17.7. The first-order valence-electron chi connectivity index (χ1n) is 27.8. The maximum atomic E-state index is 12.8. The van der Waals surface area contributed by atoms with E-state index in [1.807, 2.05) is 0 Å². The molecule has 70 heavy (non-hydrogen) atoms. The van der Waals surface area contributed by atoms with Gasteiger partial charge in [0.25, 0.3) is 0 Å². The molecule has 0 aliphatic heterocycles. The summed E-state index contributed by atoms with van der Waals surface area (Å²) in [6.07, 6.45) is 81.5. The van der Waals surface area contributed by atoms with Crippen LogP contribution in [0.5, 0.6) is 0 Å². The number of carbonyl (C=O) groups is 3. The summed E-state index contributed by atoms with van der Waals surface area (Å²) in [6.45, 7) is 6.28. The van der Waals surface area contributed by atoms with Crippen molar-refractivity contribution in [2.24, 2.45) is 0 Å². The van der Waals surface area contributed by atoms with E-state index in [2.05, 4.69) is 167 Å². The molecule has 0 radical (unpaired) electrons. The van der Waals surface area contributed by atoms with Crippen LogP contribution in [-0.4, -0.2) is 37.2 Å². The van der Waals surface area contributed by atoms with Crippen LogP contribution < -0.4 is 0 Å². The summed E-state index contributed by atoms with van der Waals surface area (Å²) in [7, 11) is 0. The predicted molar refractivity (Wildman–Crippen MR) is 302 cm³/mol. The zero-order valence-electron chi connectivity index (χ0n) is 44.7. The summed E-state index contributed by atoms with van der Waals surface area (Å²) >= 11 is 0. The van der Waals surface area contributed by atoms with Crippen molar-refractivity contribution in [2.75, 3.05) is 13.2 Å². The maximum absolute atomic E-state index is 12.8. The minimum atomic E-state index is -0.806. The van der Waals surface area contributed by atoms with Gasteiger partial charge in [0.05, 0.1) is 0 Å². The smallest absolute Gasteiger partial charge is 0.306 e. The van der Waals surface area contributed by atoms with E-state index in [0.29, 0.717) is 19.3 Å². The number of ether oxygens (including phenoxy) is 3. The average Bonchev–Trinajstić information content (AvgIpc) is 3.36. The molecule has 0 rings (SSSR count). The van der Waals surface area contributed by atoms with E-state index in [1.165, 1.54) is 19.3 Å². The second kappa shape index (κ2) is 56.9. The molecule has 0 saturated carbocycles. The van der Waals surface area contributed by atoms with Crippen molar-refractivity contribution >= 4 is 17.9 Å². The normalized spacial score (nSPS) is 13.2. The molecule has 0 bridgehead atoms. The third kappa shape index (κ3) is 54.2. The first-order valence-corrected chi connectivity index (χ1v) is 27.8. The van der Waals surface area contributed by atoms with Gasteiger partial charge in [0.1, 0.15) is 13.2 Å². The Balaban J connectivity index is 4.32. The topological polar surface area (TPSA) is 78.9 Å². The zero-order chi connectivity index (χ0) is 50.7. The highest BCUT2D eigenvalue weighted by Gasteiger charge is 2.19. The summed E-state index contributed by atoms with van der Waals surface area (Å²) in [5, 5.41) is 0. The molecule has 6 nitrogen and oxygen atoms in total. The highest BCUT2D eigenvalue weighted by molar-refractivity contribution is 5.71. The molecule has 0 aromatic carbocycles. The molecule has 0 aliphatic rings. The third-order valence-corrected chi connectivity index (χ3v) is 11.1. The summed E-state index contributed by atoms with van der Waals surface area (Å²) in [5.41, 5.74) is 0. The largest absolute Gasteiger partial charge is 0.462 e. The van der Waals surface area contributed by atoms with Gasteiger partial charge >= 0.3 is 17.9 Å². The minimum Gasteiger partial charge on any atom is -0.462 e. The Morgan fingerprint density at radius 3 is 0.886 bits per heavy atom. The quantitative estimate of drug-likeness (QED) is 0.0262. The summed E-state index contributed by atoms with van der Waals surface area (Å²) in [5.74, 6) is -0.975. The van der Waals surface area contributed by atoms with Crippen LogP contribution in [0.25, 0.3) is 0 Å². The van der Waals surface area contributed by atoms with Crippen LogP contribution >= 0.6 is 0 Å². The molecule has 0 fully saturated rings. The summed E-state index contributed by atoms with van der Waals surface area (Å²) in [6, 6.07) is 0. The van der Waals surface area contributed by atoms with E-state index in [9.17, 15) is 14.4 Å². The van der Waals surface area contributed by atoms with Crippen LogP contribution in [0.15, 0.2) is 146 Å². The molecule has 0 aromatic rings. The third-order valence-electron chi connectivity index (χ3n) is 11.1. The molecule has 0 amide bonds.